The fourth-order valence-corrected chi connectivity index (χ4v) is 2.40. The topological polar surface area (TPSA) is 121 Å². The van der Waals surface area contributed by atoms with E-state index in [1.54, 1.807) is 48.5 Å². The molecule has 23 heavy (non-hydrogen) atoms. The van der Waals surface area contributed by atoms with Crippen molar-refractivity contribution in [2.24, 2.45) is 16.7 Å². The van der Waals surface area contributed by atoms with Gasteiger partial charge in [-0.25, -0.2) is 4.79 Å². The van der Waals surface area contributed by atoms with E-state index < -0.39 is 22.7 Å². The van der Waals surface area contributed by atoms with Crippen LogP contribution in [0.5, 0.6) is 5.75 Å². The van der Waals surface area contributed by atoms with Crippen molar-refractivity contribution in [3.05, 3.63) is 42.0 Å². The van der Waals surface area contributed by atoms with Crippen molar-refractivity contribution >= 4 is 5.97 Å². The Morgan fingerprint density at radius 1 is 1.04 bits per heavy atom. The summed E-state index contributed by atoms with van der Waals surface area (Å²) in [5.41, 5.74) is -2.49. The molecule has 1 fully saturated rings. The van der Waals surface area contributed by atoms with Gasteiger partial charge in [-0.2, -0.15) is 21.0 Å². The Morgan fingerprint density at radius 3 is 1.96 bits per heavy atom. The molecule has 1 saturated carbocycles. The molecule has 1 aliphatic rings. The van der Waals surface area contributed by atoms with Crippen LogP contribution in [0, 0.1) is 69.0 Å². The van der Waals surface area contributed by atoms with Crippen LogP contribution in [0.3, 0.4) is 0 Å². The van der Waals surface area contributed by atoms with Crippen molar-refractivity contribution in [2.75, 3.05) is 0 Å². The van der Waals surface area contributed by atoms with Crippen LogP contribution in [-0.2, 0) is 4.79 Å². The van der Waals surface area contributed by atoms with E-state index in [2.05, 4.69) is 0 Å². The first kappa shape index (κ1) is 15.8. The largest absolute Gasteiger partial charge is 0.423 e. The summed E-state index contributed by atoms with van der Waals surface area (Å²) in [6.07, 6.45) is 2.25. The van der Waals surface area contributed by atoms with Gasteiger partial charge in [0, 0.05) is 12.0 Å². The van der Waals surface area contributed by atoms with E-state index in [4.69, 9.17) is 25.8 Å². The molecule has 1 aromatic rings. The van der Waals surface area contributed by atoms with Crippen LogP contribution in [-0.4, -0.2) is 5.97 Å². The molecule has 0 bridgehead atoms. The van der Waals surface area contributed by atoms with Crippen molar-refractivity contribution in [2.45, 2.75) is 6.92 Å². The summed E-state index contributed by atoms with van der Waals surface area (Å²) in [4.78, 5) is 11.8. The van der Waals surface area contributed by atoms with E-state index in [0.29, 0.717) is 5.75 Å². The van der Waals surface area contributed by atoms with Crippen molar-refractivity contribution < 1.29 is 9.53 Å². The summed E-state index contributed by atoms with van der Waals surface area (Å²) >= 11 is 0. The molecular weight excluding hydrogens is 292 g/mol. The molecule has 2 rings (SSSR count). The van der Waals surface area contributed by atoms with E-state index in [1.807, 2.05) is 6.92 Å². The van der Waals surface area contributed by atoms with Crippen molar-refractivity contribution in [3.8, 4) is 30.0 Å². The number of nitriles is 4. The Morgan fingerprint density at radius 2 is 1.52 bits per heavy atom. The summed E-state index contributed by atoms with van der Waals surface area (Å²) in [7, 11) is 0. The number of nitrogens with zero attached hydrogens (tertiary/aromatic N) is 4. The van der Waals surface area contributed by atoms with Crippen LogP contribution in [0.1, 0.15) is 5.56 Å². The second-order valence-corrected chi connectivity index (χ2v) is 5.13. The molecule has 6 heteroatoms. The monoisotopic (exact) mass is 302 g/mol. The molecule has 0 N–H and O–H groups in total. The number of aryl methyl sites for hydroxylation is 1. The molecule has 0 aromatic heterocycles. The zero-order valence-electron chi connectivity index (χ0n) is 12.1. The summed E-state index contributed by atoms with van der Waals surface area (Å²) in [6, 6.07) is 13.7. The SMILES string of the molecule is Cc1ccc(OC(=O)/C=C\C2C(C#N)(C#N)C2(C#N)C#N)cc1. The molecule has 0 heterocycles. The van der Waals surface area contributed by atoms with Gasteiger partial charge in [0.15, 0.2) is 10.8 Å². The van der Waals surface area contributed by atoms with Crippen LogP contribution in [0.25, 0.3) is 0 Å². The molecule has 6 nitrogen and oxygen atoms in total. The number of carbonyl (C=O) groups excluding carboxylic acids is 1. The maximum Gasteiger partial charge on any atom is 0.335 e. The van der Waals surface area contributed by atoms with Gasteiger partial charge in [-0.1, -0.05) is 23.8 Å². The van der Waals surface area contributed by atoms with Gasteiger partial charge in [-0.15, -0.1) is 0 Å². The van der Waals surface area contributed by atoms with Gasteiger partial charge >= 0.3 is 5.97 Å². The van der Waals surface area contributed by atoms with Crippen LogP contribution in [0.2, 0.25) is 0 Å². The lowest BCUT2D eigenvalue weighted by atomic mass is 9.98. The third kappa shape index (κ3) is 2.30. The van der Waals surface area contributed by atoms with Crippen molar-refractivity contribution in [3.63, 3.8) is 0 Å². The quantitative estimate of drug-likeness (QED) is 0.479. The highest BCUT2D eigenvalue weighted by Gasteiger charge is 2.80. The minimum atomic E-state index is -1.75. The smallest absolute Gasteiger partial charge is 0.335 e. The number of rotatable bonds is 3. The lowest BCUT2D eigenvalue weighted by Gasteiger charge is -2.01. The highest BCUT2D eigenvalue weighted by Crippen LogP contribution is 2.68. The first-order chi connectivity index (χ1) is 11.0. The fraction of sp³-hybridized carbons (Fsp3) is 0.235. The normalized spacial score (nSPS) is 17.3. The second kappa shape index (κ2) is 5.64. The predicted octanol–water partition coefficient (Wildman–Crippen LogP) is 2.15. The van der Waals surface area contributed by atoms with Gasteiger partial charge in [0.25, 0.3) is 0 Å². The minimum Gasteiger partial charge on any atom is -0.423 e. The standard InChI is InChI=1S/C17H10N4O2/c1-12-2-4-13(5-3-12)23-15(22)7-6-14-16(8-18,9-19)17(14,10-20)11-21/h2-7,14H,1H3/b7-6-. The Hall–Kier alpha value is -3.61. The third-order valence-corrected chi connectivity index (χ3v) is 3.84. The molecule has 0 radical (unpaired) electrons. The number of carbonyl (C=O) groups is 1. The number of hydrogen-bond acceptors (Lipinski definition) is 6. The predicted molar refractivity (Wildman–Crippen MR) is 76.8 cm³/mol. The Balaban J connectivity index is 2.15. The summed E-state index contributed by atoms with van der Waals surface area (Å²) in [5, 5.41) is 36.5. The maximum absolute atomic E-state index is 11.8. The fourth-order valence-electron chi connectivity index (χ4n) is 2.40. The van der Waals surface area contributed by atoms with E-state index in [-0.39, 0.29) is 0 Å². The first-order valence-electron chi connectivity index (χ1n) is 6.61. The highest BCUT2D eigenvalue weighted by atomic mass is 16.5. The van der Waals surface area contributed by atoms with Gasteiger partial charge in [-0.3, -0.25) is 0 Å². The van der Waals surface area contributed by atoms with Crippen molar-refractivity contribution in [1.82, 2.24) is 0 Å². The van der Waals surface area contributed by atoms with Crippen LogP contribution in [0.4, 0.5) is 0 Å². The van der Waals surface area contributed by atoms with Gasteiger partial charge in [-0.05, 0) is 19.1 Å². The Labute approximate surface area is 133 Å². The Kier molecular flexibility index (Phi) is 3.87. The zero-order chi connectivity index (χ0) is 17.1. The second-order valence-electron chi connectivity index (χ2n) is 5.13. The molecule has 0 saturated heterocycles. The maximum atomic E-state index is 11.8. The van der Waals surface area contributed by atoms with E-state index in [0.717, 1.165) is 11.6 Å². The molecule has 110 valence electrons. The number of esters is 1. The Bertz CT molecular complexity index is 775. The average molecular weight is 302 g/mol. The molecular formula is C17H10N4O2. The van der Waals surface area contributed by atoms with Gasteiger partial charge in [0.1, 0.15) is 5.75 Å². The molecule has 1 aliphatic carbocycles. The van der Waals surface area contributed by atoms with Crippen LogP contribution < -0.4 is 4.74 Å². The minimum absolute atomic E-state index is 0.347. The molecule has 0 spiro atoms. The lowest BCUT2D eigenvalue weighted by molar-refractivity contribution is -0.129. The number of hydrogen-bond donors (Lipinski definition) is 0. The average Bonchev–Trinajstić information content (AvgIpc) is 3.16. The van der Waals surface area contributed by atoms with Gasteiger partial charge in [0.05, 0.1) is 24.3 Å². The third-order valence-electron chi connectivity index (χ3n) is 3.84. The number of ether oxygens (including phenoxy) is 1. The van der Waals surface area contributed by atoms with Gasteiger partial charge < -0.3 is 4.74 Å². The molecule has 0 amide bonds. The molecule has 0 unspecified atom stereocenters. The van der Waals surface area contributed by atoms with E-state index in [9.17, 15) is 4.79 Å². The van der Waals surface area contributed by atoms with Crippen LogP contribution >= 0.6 is 0 Å². The van der Waals surface area contributed by atoms with Gasteiger partial charge in [0.2, 0.25) is 0 Å². The van der Waals surface area contributed by atoms with Crippen LogP contribution in [0.15, 0.2) is 36.4 Å². The van der Waals surface area contributed by atoms with E-state index in [1.165, 1.54) is 6.08 Å². The number of benzene rings is 1. The molecule has 0 atom stereocenters. The summed E-state index contributed by atoms with van der Waals surface area (Å²) < 4.78 is 5.06. The van der Waals surface area contributed by atoms with E-state index >= 15 is 0 Å². The summed E-state index contributed by atoms with van der Waals surface area (Å²) in [6.45, 7) is 1.89. The highest BCUT2D eigenvalue weighted by molar-refractivity contribution is 5.84. The molecule has 1 aromatic carbocycles. The number of allylic oxidation sites excluding steroid dienone is 1. The lowest BCUT2D eigenvalue weighted by Crippen LogP contribution is -2.05. The van der Waals surface area contributed by atoms with Crippen molar-refractivity contribution in [1.29, 1.82) is 21.0 Å². The first-order valence-corrected chi connectivity index (χ1v) is 6.61. The summed E-state index contributed by atoms with van der Waals surface area (Å²) in [5.74, 6) is -1.32. The zero-order valence-corrected chi connectivity index (χ0v) is 12.1. The molecule has 0 aliphatic heterocycles.